The molecule has 0 amide bonds. The average Bonchev–Trinajstić information content (AvgIpc) is 2.32. The molecule has 0 aliphatic rings. The van der Waals surface area contributed by atoms with Crippen LogP contribution in [0.4, 0.5) is 10.1 Å². The third kappa shape index (κ3) is 2.57. The summed E-state index contributed by atoms with van der Waals surface area (Å²) in [5.74, 6) is -0.181. The molecule has 0 radical (unpaired) electrons. The SMILES string of the molecule is Cc1ccc(NCc2ccncc2)cc1F. The van der Waals surface area contributed by atoms with Crippen molar-refractivity contribution in [2.24, 2.45) is 0 Å². The van der Waals surface area contributed by atoms with E-state index in [-0.39, 0.29) is 5.82 Å². The maximum atomic E-state index is 13.3. The fourth-order valence-electron chi connectivity index (χ4n) is 1.41. The first-order valence-corrected chi connectivity index (χ1v) is 5.14. The lowest BCUT2D eigenvalue weighted by atomic mass is 10.2. The molecule has 1 aromatic heterocycles. The normalized spacial score (nSPS) is 10.1. The van der Waals surface area contributed by atoms with Crippen LogP contribution in [-0.4, -0.2) is 4.98 Å². The second-order valence-corrected chi connectivity index (χ2v) is 3.67. The number of aromatic nitrogens is 1. The van der Waals surface area contributed by atoms with Gasteiger partial charge in [0.2, 0.25) is 0 Å². The Labute approximate surface area is 94.2 Å². The van der Waals surface area contributed by atoms with Crippen LogP contribution >= 0.6 is 0 Å². The molecule has 3 heteroatoms. The Kier molecular flexibility index (Phi) is 3.15. The zero-order valence-electron chi connectivity index (χ0n) is 9.07. The summed E-state index contributed by atoms with van der Waals surface area (Å²) in [5.41, 5.74) is 2.57. The van der Waals surface area contributed by atoms with Gasteiger partial charge in [0, 0.05) is 24.6 Å². The quantitative estimate of drug-likeness (QED) is 0.852. The Bertz CT molecular complexity index is 469. The number of anilines is 1. The van der Waals surface area contributed by atoms with Crippen molar-refractivity contribution in [1.82, 2.24) is 4.98 Å². The zero-order valence-corrected chi connectivity index (χ0v) is 9.07. The number of pyridine rings is 1. The van der Waals surface area contributed by atoms with Crippen LogP contribution in [0.15, 0.2) is 42.7 Å². The summed E-state index contributed by atoms with van der Waals surface area (Å²) in [4.78, 5) is 3.94. The molecular formula is C13H13FN2. The molecule has 0 saturated carbocycles. The number of aryl methyl sites for hydroxylation is 1. The molecule has 0 fully saturated rings. The number of benzene rings is 1. The summed E-state index contributed by atoms with van der Waals surface area (Å²) in [5, 5.41) is 3.16. The standard InChI is InChI=1S/C13H13FN2/c1-10-2-3-12(8-13(10)14)16-9-11-4-6-15-7-5-11/h2-8,16H,9H2,1H3. The molecule has 1 heterocycles. The number of hydrogen-bond donors (Lipinski definition) is 1. The van der Waals surface area contributed by atoms with Crippen molar-refractivity contribution >= 4 is 5.69 Å². The van der Waals surface area contributed by atoms with Gasteiger partial charge in [0.15, 0.2) is 0 Å². The molecule has 0 unspecified atom stereocenters. The maximum Gasteiger partial charge on any atom is 0.128 e. The van der Waals surface area contributed by atoms with Gasteiger partial charge in [-0.1, -0.05) is 6.07 Å². The summed E-state index contributed by atoms with van der Waals surface area (Å²) in [7, 11) is 0. The van der Waals surface area contributed by atoms with Crippen LogP contribution in [0.5, 0.6) is 0 Å². The van der Waals surface area contributed by atoms with Gasteiger partial charge >= 0.3 is 0 Å². The minimum Gasteiger partial charge on any atom is -0.381 e. The number of nitrogens with zero attached hydrogens (tertiary/aromatic N) is 1. The maximum absolute atomic E-state index is 13.3. The zero-order chi connectivity index (χ0) is 11.4. The molecule has 2 aromatic rings. The van der Waals surface area contributed by atoms with Crippen LogP contribution in [0.1, 0.15) is 11.1 Å². The van der Waals surface area contributed by atoms with Gasteiger partial charge in [-0.2, -0.15) is 0 Å². The monoisotopic (exact) mass is 216 g/mol. The molecule has 0 bridgehead atoms. The Morgan fingerprint density at radius 1 is 1.19 bits per heavy atom. The van der Waals surface area contributed by atoms with E-state index in [0.717, 1.165) is 11.3 Å². The highest BCUT2D eigenvalue weighted by Crippen LogP contribution is 2.14. The van der Waals surface area contributed by atoms with E-state index in [1.165, 1.54) is 6.07 Å². The smallest absolute Gasteiger partial charge is 0.128 e. The van der Waals surface area contributed by atoms with Gasteiger partial charge in [-0.15, -0.1) is 0 Å². The Balaban J connectivity index is 2.03. The van der Waals surface area contributed by atoms with Crippen molar-refractivity contribution in [3.05, 3.63) is 59.7 Å². The second kappa shape index (κ2) is 4.75. The van der Waals surface area contributed by atoms with Crippen molar-refractivity contribution in [1.29, 1.82) is 0 Å². The number of hydrogen-bond acceptors (Lipinski definition) is 2. The number of rotatable bonds is 3. The van der Waals surface area contributed by atoms with Crippen molar-refractivity contribution in [2.75, 3.05) is 5.32 Å². The van der Waals surface area contributed by atoms with E-state index >= 15 is 0 Å². The van der Waals surface area contributed by atoms with E-state index in [9.17, 15) is 4.39 Å². The van der Waals surface area contributed by atoms with E-state index in [1.807, 2.05) is 18.2 Å². The molecule has 82 valence electrons. The minimum absolute atomic E-state index is 0.181. The highest BCUT2D eigenvalue weighted by Gasteiger charge is 1.98. The molecular weight excluding hydrogens is 203 g/mol. The van der Waals surface area contributed by atoms with Gasteiger partial charge in [0.05, 0.1) is 0 Å². The highest BCUT2D eigenvalue weighted by molar-refractivity contribution is 5.45. The van der Waals surface area contributed by atoms with Crippen molar-refractivity contribution < 1.29 is 4.39 Å². The summed E-state index contributed by atoms with van der Waals surface area (Å²) >= 11 is 0. The van der Waals surface area contributed by atoms with Gasteiger partial charge < -0.3 is 5.32 Å². The van der Waals surface area contributed by atoms with E-state index in [2.05, 4.69) is 10.3 Å². The van der Waals surface area contributed by atoms with Crippen LogP contribution in [0, 0.1) is 12.7 Å². The molecule has 1 aromatic carbocycles. The minimum atomic E-state index is -0.181. The Morgan fingerprint density at radius 3 is 2.62 bits per heavy atom. The molecule has 0 saturated heterocycles. The molecule has 2 nitrogen and oxygen atoms in total. The van der Waals surface area contributed by atoms with Gasteiger partial charge in [-0.3, -0.25) is 4.98 Å². The lowest BCUT2D eigenvalue weighted by Gasteiger charge is -2.07. The Morgan fingerprint density at radius 2 is 1.94 bits per heavy atom. The summed E-state index contributed by atoms with van der Waals surface area (Å²) in [6, 6.07) is 9.01. The summed E-state index contributed by atoms with van der Waals surface area (Å²) in [6.45, 7) is 2.42. The first-order valence-electron chi connectivity index (χ1n) is 5.14. The van der Waals surface area contributed by atoms with Gasteiger partial charge in [0.1, 0.15) is 5.82 Å². The average molecular weight is 216 g/mol. The first-order chi connectivity index (χ1) is 7.75. The predicted octanol–water partition coefficient (Wildman–Crippen LogP) is 3.14. The predicted molar refractivity (Wildman–Crippen MR) is 62.7 cm³/mol. The fourth-order valence-corrected chi connectivity index (χ4v) is 1.41. The second-order valence-electron chi connectivity index (χ2n) is 3.67. The topological polar surface area (TPSA) is 24.9 Å². The highest BCUT2D eigenvalue weighted by atomic mass is 19.1. The van der Waals surface area contributed by atoms with Gasteiger partial charge in [-0.05, 0) is 42.3 Å². The van der Waals surface area contributed by atoms with Crippen LogP contribution < -0.4 is 5.32 Å². The van der Waals surface area contributed by atoms with E-state index in [1.54, 1.807) is 25.4 Å². The van der Waals surface area contributed by atoms with E-state index in [0.29, 0.717) is 12.1 Å². The lowest BCUT2D eigenvalue weighted by molar-refractivity contribution is 0.619. The molecule has 0 aliphatic carbocycles. The van der Waals surface area contributed by atoms with Crippen LogP contribution in [0.2, 0.25) is 0 Å². The summed E-state index contributed by atoms with van der Waals surface area (Å²) < 4.78 is 13.3. The summed E-state index contributed by atoms with van der Waals surface area (Å²) in [6.07, 6.45) is 3.49. The van der Waals surface area contributed by atoms with Crippen molar-refractivity contribution in [3.63, 3.8) is 0 Å². The third-order valence-electron chi connectivity index (χ3n) is 2.42. The Hall–Kier alpha value is -1.90. The van der Waals surface area contributed by atoms with E-state index in [4.69, 9.17) is 0 Å². The van der Waals surface area contributed by atoms with Crippen molar-refractivity contribution in [2.45, 2.75) is 13.5 Å². The molecule has 16 heavy (non-hydrogen) atoms. The molecule has 0 aliphatic heterocycles. The third-order valence-corrected chi connectivity index (χ3v) is 2.42. The van der Waals surface area contributed by atoms with Crippen LogP contribution in [0.3, 0.4) is 0 Å². The fraction of sp³-hybridized carbons (Fsp3) is 0.154. The molecule has 0 atom stereocenters. The molecule has 0 spiro atoms. The van der Waals surface area contributed by atoms with Gasteiger partial charge in [-0.25, -0.2) is 4.39 Å². The van der Waals surface area contributed by atoms with Crippen LogP contribution in [-0.2, 0) is 6.54 Å². The first kappa shape index (κ1) is 10.6. The van der Waals surface area contributed by atoms with Gasteiger partial charge in [0.25, 0.3) is 0 Å². The lowest BCUT2D eigenvalue weighted by Crippen LogP contribution is -2.00. The molecule has 2 rings (SSSR count). The number of nitrogens with one attached hydrogen (secondary N) is 1. The largest absolute Gasteiger partial charge is 0.381 e. The number of halogens is 1. The van der Waals surface area contributed by atoms with E-state index < -0.39 is 0 Å². The molecule has 1 N–H and O–H groups in total. The van der Waals surface area contributed by atoms with Crippen LogP contribution in [0.25, 0.3) is 0 Å². The van der Waals surface area contributed by atoms with Crippen molar-refractivity contribution in [3.8, 4) is 0 Å².